The van der Waals surface area contributed by atoms with Crippen LogP contribution in [0.2, 0.25) is 5.28 Å². The molecule has 3 rings (SSSR count). The molecule has 0 spiro atoms. The standard InChI is InChI=1S/C15H14ClN5O4/c1-23-13-12-11(19-15(16)20-13)8-18-21(12)5-6-25-9-3-4-10(17-7-9)14(22)24-2/h3-4,7-8H,5-6H2,1-2H3. The second kappa shape index (κ2) is 7.31. The molecule has 9 nitrogen and oxygen atoms in total. The Hall–Kier alpha value is -2.94. The zero-order valence-corrected chi connectivity index (χ0v) is 14.2. The molecule has 0 aliphatic heterocycles. The van der Waals surface area contributed by atoms with E-state index in [2.05, 4.69) is 24.8 Å². The zero-order chi connectivity index (χ0) is 17.8. The highest BCUT2D eigenvalue weighted by Crippen LogP contribution is 2.23. The van der Waals surface area contributed by atoms with Crippen LogP contribution in [0.3, 0.4) is 0 Å². The van der Waals surface area contributed by atoms with Crippen LogP contribution in [0.1, 0.15) is 10.5 Å². The summed E-state index contributed by atoms with van der Waals surface area (Å²) in [6.07, 6.45) is 3.04. The SMILES string of the molecule is COC(=O)c1ccc(OCCn2ncc3nc(Cl)nc(OC)c32)cn1. The van der Waals surface area contributed by atoms with Crippen molar-refractivity contribution in [2.45, 2.75) is 6.54 Å². The summed E-state index contributed by atoms with van der Waals surface area (Å²) in [5.41, 5.74) is 1.43. The fourth-order valence-electron chi connectivity index (χ4n) is 2.19. The quantitative estimate of drug-likeness (QED) is 0.482. The van der Waals surface area contributed by atoms with E-state index in [1.165, 1.54) is 26.5 Å². The predicted molar refractivity (Wildman–Crippen MR) is 88.0 cm³/mol. The van der Waals surface area contributed by atoms with Crippen molar-refractivity contribution in [1.29, 1.82) is 0 Å². The molecule has 0 amide bonds. The van der Waals surface area contributed by atoms with Crippen molar-refractivity contribution < 1.29 is 19.0 Å². The van der Waals surface area contributed by atoms with Gasteiger partial charge in [-0.15, -0.1) is 0 Å². The molecule has 3 aromatic rings. The van der Waals surface area contributed by atoms with E-state index in [1.807, 2.05) is 0 Å². The van der Waals surface area contributed by atoms with Gasteiger partial charge in [-0.1, -0.05) is 0 Å². The second-order valence-electron chi connectivity index (χ2n) is 4.82. The minimum absolute atomic E-state index is 0.0944. The van der Waals surface area contributed by atoms with Crippen molar-refractivity contribution in [3.05, 3.63) is 35.5 Å². The molecular formula is C15H14ClN5O4. The first kappa shape index (κ1) is 16.9. The van der Waals surface area contributed by atoms with Crippen LogP contribution in [0.4, 0.5) is 0 Å². The molecule has 0 radical (unpaired) electrons. The van der Waals surface area contributed by atoms with Gasteiger partial charge in [0.25, 0.3) is 0 Å². The van der Waals surface area contributed by atoms with Gasteiger partial charge in [-0.2, -0.15) is 10.1 Å². The minimum Gasteiger partial charge on any atom is -0.490 e. The number of fused-ring (bicyclic) bond motifs is 1. The summed E-state index contributed by atoms with van der Waals surface area (Å²) >= 11 is 5.84. The van der Waals surface area contributed by atoms with E-state index in [9.17, 15) is 4.79 Å². The first-order chi connectivity index (χ1) is 12.1. The van der Waals surface area contributed by atoms with Gasteiger partial charge in [-0.05, 0) is 23.7 Å². The molecule has 0 saturated carbocycles. The Morgan fingerprint density at radius 3 is 2.76 bits per heavy atom. The fraction of sp³-hybridized carbons (Fsp3) is 0.267. The van der Waals surface area contributed by atoms with E-state index in [0.717, 1.165) is 0 Å². The summed E-state index contributed by atoms with van der Waals surface area (Å²) in [6.45, 7) is 0.755. The molecule has 130 valence electrons. The summed E-state index contributed by atoms with van der Waals surface area (Å²) in [6, 6.07) is 3.17. The van der Waals surface area contributed by atoms with Gasteiger partial charge >= 0.3 is 5.97 Å². The van der Waals surface area contributed by atoms with E-state index >= 15 is 0 Å². The highest BCUT2D eigenvalue weighted by molar-refractivity contribution is 6.28. The topological polar surface area (TPSA) is 101 Å². The van der Waals surface area contributed by atoms with E-state index in [-0.39, 0.29) is 11.0 Å². The maximum atomic E-state index is 11.3. The summed E-state index contributed by atoms with van der Waals surface area (Å²) in [4.78, 5) is 23.4. The first-order valence-electron chi connectivity index (χ1n) is 7.22. The second-order valence-corrected chi connectivity index (χ2v) is 5.16. The maximum Gasteiger partial charge on any atom is 0.356 e. The average molecular weight is 364 g/mol. The Balaban J connectivity index is 1.68. The molecule has 0 saturated heterocycles. The molecule has 0 unspecified atom stereocenters. The molecule has 10 heteroatoms. The number of pyridine rings is 1. The average Bonchev–Trinajstić information content (AvgIpc) is 3.03. The summed E-state index contributed by atoms with van der Waals surface area (Å²) in [5.74, 6) is 0.368. The smallest absolute Gasteiger partial charge is 0.356 e. The van der Waals surface area contributed by atoms with Crippen molar-refractivity contribution in [3.63, 3.8) is 0 Å². The molecule has 25 heavy (non-hydrogen) atoms. The van der Waals surface area contributed by atoms with Gasteiger partial charge in [0.05, 0.1) is 33.2 Å². The van der Waals surface area contributed by atoms with Crippen LogP contribution < -0.4 is 9.47 Å². The number of rotatable bonds is 6. The molecule has 0 aromatic carbocycles. The number of nitrogens with zero attached hydrogens (tertiary/aromatic N) is 5. The monoisotopic (exact) mass is 363 g/mol. The Labute approximate surface area is 147 Å². The van der Waals surface area contributed by atoms with E-state index in [4.69, 9.17) is 21.1 Å². The van der Waals surface area contributed by atoms with Gasteiger partial charge in [0.15, 0.2) is 0 Å². The summed E-state index contributed by atoms with van der Waals surface area (Å²) in [5, 5.41) is 4.34. The largest absolute Gasteiger partial charge is 0.490 e. The van der Waals surface area contributed by atoms with E-state index in [1.54, 1.807) is 16.9 Å². The number of halogens is 1. The van der Waals surface area contributed by atoms with Gasteiger partial charge in [-0.25, -0.2) is 14.8 Å². The van der Waals surface area contributed by atoms with Crippen LogP contribution in [0.15, 0.2) is 24.5 Å². The van der Waals surface area contributed by atoms with Crippen LogP contribution in [0.5, 0.6) is 11.6 Å². The molecule has 0 aliphatic carbocycles. The molecule has 0 N–H and O–H groups in total. The number of ether oxygens (including phenoxy) is 3. The van der Waals surface area contributed by atoms with Crippen molar-refractivity contribution in [1.82, 2.24) is 24.7 Å². The molecule has 0 bridgehead atoms. The van der Waals surface area contributed by atoms with Crippen LogP contribution in [0.25, 0.3) is 11.0 Å². The third kappa shape index (κ3) is 3.61. The number of aromatic nitrogens is 5. The lowest BCUT2D eigenvalue weighted by Crippen LogP contribution is -2.11. The van der Waals surface area contributed by atoms with Crippen LogP contribution in [-0.2, 0) is 11.3 Å². The molecular weight excluding hydrogens is 350 g/mol. The number of carbonyl (C=O) groups excluding carboxylic acids is 1. The lowest BCUT2D eigenvalue weighted by molar-refractivity contribution is 0.0594. The van der Waals surface area contributed by atoms with Gasteiger partial charge in [-0.3, -0.25) is 4.68 Å². The van der Waals surface area contributed by atoms with Crippen molar-refractivity contribution in [2.75, 3.05) is 20.8 Å². The lowest BCUT2D eigenvalue weighted by atomic mass is 10.3. The highest BCUT2D eigenvalue weighted by atomic mass is 35.5. The predicted octanol–water partition coefficient (Wildman–Crippen LogP) is 1.75. The van der Waals surface area contributed by atoms with Gasteiger partial charge in [0.2, 0.25) is 11.2 Å². The third-order valence-corrected chi connectivity index (χ3v) is 3.49. The number of esters is 1. The number of hydrogen-bond donors (Lipinski definition) is 0. The van der Waals surface area contributed by atoms with Crippen molar-refractivity contribution in [3.8, 4) is 11.6 Å². The van der Waals surface area contributed by atoms with Crippen molar-refractivity contribution >= 4 is 28.6 Å². The van der Waals surface area contributed by atoms with Crippen LogP contribution in [-0.4, -0.2) is 51.5 Å². The molecule has 3 aromatic heterocycles. The normalized spacial score (nSPS) is 10.7. The zero-order valence-electron chi connectivity index (χ0n) is 13.5. The first-order valence-corrected chi connectivity index (χ1v) is 7.60. The van der Waals surface area contributed by atoms with E-state index in [0.29, 0.717) is 35.8 Å². The number of hydrogen-bond acceptors (Lipinski definition) is 8. The Bertz CT molecular complexity index is 897. The van der Waals surface area contributed by atoms with Gasteiger partial charge in [0, 0.05) is 0 Å². The van der Waals surface area contributed by atoms with Gasteiger partial charge < -0.3 is 14.2 Å². The molecule has 3 heterocycles. The van der Waals surface area contributed by atoms with Gasteiger partial charge in [0.1, 0.15) is 29.1 Å². The summed E-state index contributed by atoms with van der Waals surface area (Å²) < 4.78 is 17.1. The van der Waals surface area contributed by atoms with Crippen LogP contribution >= 0.6 is 11.6 Å². The van der Waals surface area contributed by atoms with Crippen molar-refractivity contribution in [2.24, 2.45) is 0 Å². The van der Waals surface area contributed by atoms with Crippen LogP contribution in [0, 0.1) is 0 Å². The minimum atomic E-state index is -0.500. The maximum absolute atomic E-state index is 11.3. The molecule has 0 fully saturated rings. The summed E-state index contributed by atoms with van der Waals surface area (Å²) in [7, 11) is 2.80. The number of methoxy groups -OCH3 is 2. The fourth-order valence-corrected chi connectivity index (χ4v) is 2.36. The third-order valence-electron chi connectivity index (χ3n) is 3.33. The Morgan fingerprint density at radius 1 is 1.24 bits per heavy atom. The lowest BCUT2D eigenvalue weighted by Gasteiger charge is -2.08. The molecule has 0 aliphatic rings. The number of carbonyl (C=O) groups is 1. The Morgan fingerprint density at radius 2 is 2.08 bits per heavy atom. The Kier molecular flexibility index (Phi) is 4.94. The highest BCUT2D eigenvalue weighted by Gasteiger charge is 2.13. The molecule has 0 atom stereocenters. The van der Waals surface area contributed by atoms with E-state index < -0.39 is 5.97 Å².